The van der Waals surface area contributed by atoms with Crippen LogP contribution >= 0.6 is 15.9 Å². The number of hydrogen-bond acceptors (Lipinski definition) is 2. The third-order valence-corrected chi connectivity index (χ3v) is 5.42. The molecule has 0 spiro atoms. The fourth-order valence-electron chi connectivity index (χ4n) is 3.90. The highest BCUT2D eigenvalue weighted by atomic mass is 79.9. The van der Waals surface area contributed by atoms with Gasteiger partial charge in [0, 0.05) is 10.9 Å². The van der Waals surface area contributed by atoms with Gasteiger partial charge in [-0.05, 0) is 73.9 Å². The minimum Gasteiger partial charge on any atom is -0.493 e. The van der Waals surface area contributed by atoms with Crippen LogP contribution in [0, 0.1) is 11.8 Å². The van der Waals surface area contributed by atoms with Crippen molar-refractivity contribution in [3.8, 4) is 5.75 Å². The molecule has 116 valence electrons. The zero-order chi connectivity index (χ0) is 14.7. The molecule has 1 N–H and O–H groups in total. The first-order valence-corrected chi connectivity index (χ1v) is 9.22. The van der Waals surface area contributed by atoms with E-state index in [4.69, 9.17) is 4.74 Å². The molecule has 0 saturated heterocycles. The molecule has 2 atom stereocenters. The lowest BCUT2D eigenvalue weighted by molar-refractivity contribution is 0.338. The average molecular weight is 352 g/mol. The molecule has 1 aliphatic heterocycles. The van der Waals surface area contributed by atoms with Gasteiger partial charge >= 0.3 is 0 Å². The minimum atomic E-state index is 0.817. The highest BCUT2D eigenvalue weighted by molar-refractivity contribution is 9.10. The van der Waals surface area contributed by atoms with Crippen LogP contribution < -0.4 is 10.1 Å². The number of benzene rings is 1. The highest BCUT2D eigenvalue weighted by Gasteiger charge is 2.29. The van der Waals surface area contributed by atoms with Crippen LogP contribution in [0.4, 0.5) is 0 Å². The zero-order valence-corrected chi connectivity index (χ0v) is 14.5. The van der Waals surface area contributed by atoms with Crippen molar-refractivity contribution in [2.24, 2.45) is 11.8 Å². The molecule has 21 heavy (non-hydrogen) atoms. The molecule has 0 aromatic heterocycles. The smallest absolute Gasteiger partial charge is 0.125 e. The van der Waals surface area contributed by atoms with E-state index >= 15 is 0 Å². The van der Waals surface area contributed by atoms with Gasteiger partial charge in [0.25, 0.3) is 0 Å². The topological polar surface area (TPSA) is 21.3 Å². The van der Waals surface area contributed by atoms with Gasteiger partial charge in [-0.25, -0.2) is 0 Å². The van der Waals surface area contributed by atoms with Gasteiger partial charge in [0.05, 0.1) is 6.61 Å². The van der Waals surface area contributed by atoms with E-state index < -0.39 is 0 Å². The maximum atomic E-state index is 5.89. The molecule has 1 saturated carbocycles. The molecule has 3 rings (SSSR count). The Morgan fingerprint density at radius 3 is 3.00 bits per heavy atom. The van der Waals surface area contributed by atoms with Crippen LogP contribution in [0.25, 0.3) is 0 Å². The fraction of sp³-hybridized carbons (Fsp3) is 0.667. The molecule has 2 aliphatic rings. The van der Waals surface area contributed by atoms with E-state index in [9.17, 15) is 0 Å². The summed E-state index contributed by atoms with van der Waals surface area (Å²) in [6.07, 6.45) is 7.62. The second kappa shape index (κ2) is 7.15. The summed E-state index contributed by atoms with van der Waals surface area (Å²) in [6.45, 7) is 5.43. The van der Waals surface area contributed by atoms with Gasteiger partial charge in [-0.15, -0.1) is 0 Å². The first-order chi connectivity index (χ1) is 10.3. The van der Waals surface area contributed by atoms with Crippen LogP contribution in [0.5, 0.6) is 5.75 Å². The monoisotopic (exact) mass is 351 g/mol. The van der Waals surface area contributed by atoms with Crippen LogP contribution in [-0.2, 0) is 12.8 Å². The summed E-state index contributed by atoms with van der Waals surface area (Å²) in [5, 5.41) is 3.62. The third kappa shape index (κ3) is 3.62. The van der Waals surface area contributed by atoms with E-state index in [0.29, 0.717) is 0 Å². The van der Waals surface area contributed by atoms with Gasteiger partial charge in [0.1, 0.15) is 5.75 Å². The van der Waals surface area contributed by atoms with E-state index in [-0.39, 0.29) is 0 Å². The van der Waals surface area contributed by atoms with Gasteiger partial charge in [-0.1, -0.05) is 29.3 Å². The first-order valence-electron chi connectivity index (χ1n) is 8.42. The van der Waals surface area contributed by atoms with Crippen molar-refractivity contribution in [1.29, 1.82) is 0 Å². The van der Waals surface area contributed by atoms with Crippen LogP contribution in [0.15, 0.2) is 16.6 Å². The van der Waals surface area contributed by atoms with Crippen molar-refractivity contribution in [3.05, 3.63) is 27.7 Å². The summed E-state index contributed by atoms with van der Waals surface area (Å²) in [6, 6.07) is 4.50. The molecule has 3 heteroatoms. The van der Waals surface area contributed by atoms with Crippen molar-refractivity contribution in [1.82, 2.24) is 5.32 Å². The Morgan fingerprint density at radius 1 is 1.29 bits per heavy atom. The summed E-state index contributed by atoms with van der Waals surface area (Å²) in [4.78, 5) is 0. The van der Waals surface area contributed by atoms with E-state index in [0.717, 1.165) is 31.4 Å². The standard InChI is InChI=1S/C18H26BrNO/c1-2-7-20-12-15-5-3-4-13(15)9-16-11-17(19)10-14-6-8-21-18(14)16/h10-11,13,15,20H,2-9,12H2,1H3. The zero-order valence-electron chi connectivity index (χ0n) is 13.0. The first kappa shape index (κ1) is 15.4. The molecule has 1 heterocycles. The Bertz CT molecular complexity index is 488. The summed E-state index contributed by atoms with van der Waals surface area (Å²) < 4.78 is 7.10. The van der Waals surface area contributed by atoms with Gasteiger partial charge in [0.2, 0.25) is 0 Å². The van der Waals surface area contributed by atoms with Crippen molar-refractivity contribution in [2.75, 3.05) is 19.7 Å². The molecule has 1 aromatic rings. The summed E-state index contributed by atoms with van der Waals surface area (Å²) in [5.41, 5.74) is 2.81. The minimum absolute atomic E-state index is 0.817. The maximum Gasteiger partial charge on any atom is 0.125 e. The molecule has 1 aromatic carbocycles. The van der Waals surface area contributed by atoms with E-state index in [1.54, 1.807) is 0 Å². The third-order valence-electron chi connectivity index (χ3n) is 4.96. The van der Waals surface area contributed by atoms with Crippen molar-refractivity contribution in [3.63, 3.8) is 0 Å². The lowest BCUT2D eigenvalue weighted by Crippen LogP contribution is -2.26. The maximum absolute atomic E-state index is 5.89. The van der Waals surface area contributed by atoms with Gasteiger partial charge in [-0.3, -0.25) is 0 Å². The van der Waals surface area contributed by atoms with Crippen LogP contribution in [0.1, 0.15) is 43.7 Å². The Balaban J connectivity index is 1.68. The SMILES string of the molecule is CCCNCC1CCCC1Cc1cc(Br)cc2c1OCC2. The van der Waals surface area contributed by atoms with Crippen LogP contribution in [0.2, 0.25) is 0 Å². The lowest BCUT2D eigenvalue weighted by Gasteiger charge is -2.21. The second-order valence-electron chi connectivity index (χ2n) is 6.51. The predicted octanol–water partition coefficient (Wildman–Crippen LogP) is 4.34. The molecule has 1 fully saturated rings. The summed E-state index contributed by atoms with van der Waals surface area (Å²) in [7, 11) is 0. The van der Waals surface area contributed by atoms with Crippen LogP contribution in [-0.4, -0.2) is 19.7 Å². The molecular weight excluding hydrogens is 326 g/mol. The van der Waals surface area contributed by atoms with Crippen molar-refractivity contribution >= 4 is 15.9 Å². The Kier molecular flexibility index (Phi) is 5.23. The van der Waals surface area contributed by atoms with Crippen LogP contribution in [0.3, 0.4) is 0 Å². The van der Waals surface area contributed by atoms with E-state index in [1.807, 2.05) is 0 Å². The number of nitrogens with one attached hydrogen (secondary N) is 1. The summed E-state index contributed by atoms with van der Waals surface area (Å²) >= 11 is 3.66. The number of fused-ring (bicyclic) bond motifs is 1. The molecular formula is C18H26BrNO. The Morgan fingerprint density at radius 2 is 2.14 bits per heavy atom. The predicted molar refractivity (Wildman–Crippen MR) is 91.0 cm³/mol. The van der Waals surface area contributed by atoms with Gasteiger partial charge in [-0.2, -0.15) is 0 Å². The van der Waals surface area contributed by atoms with Gasteiger partial charge < -0.3 is 10.1 Å². The average Bonchev–Trinajstić information content (AvgIpc) is 3.08. The molecule has 0 amide bonds. The Labute approximate surface area is 136 Å². The number of rotatable bonds is 6. The fourth-order valence-corrected chi connectivity index (χ4v) is 4.45. The van der Waals surface area contributed by atoms with Crippen molar-refractivity contribution < 1.29 is 4.74 Å². The molecule has 1 aliphatic carbocycles. The number of ether oxygens (including phenoxy) is 1. The largest absolute Gasteiger partial charge is 0.493 e. The van der Waals surface area contributed by atoms with Gasteiger partial charge in [0.15, 0.2) is 0 Å². The number of halogens is 1. The molecule has 2 unspecified atom stereocenters. The molecule has 2 nitrogen and oxygen atoms in total. The number of hydrogen-bond donors (Lipinski definition) is 1. The second-order valence-corrected chi connectivity index (χ2v) is 7.43. The lowest BCUT2D eigenvalue weighted by atomic mass is 9.88. The Hall–Kier alpha value is -0.540. The quantitative estimate of drug-likeness (QED) is 0.769. The summed E-state index contributed by atoms with van der Waals surface area (Å²) in [5.74, 6) is 2.84. The van der Waals surface area contributed by atoms with Crippen molar-refractivity contribution in [2.45, 2.75) is 45.4 Å². The molecule has 0 bridgehead atoms. The van der Waals surface area contributed by atoms with E-state index in [1.165, 1.54) is 60.0 Å². The van der Waals surface area contributed by atoms with E-state index in [2.05, 4.69) is 40.3 Å². The normalized spacial score (nSPS) is 24.1. The highest BCUT2D eigenvalue weighted by Crippen LogP contribution is 2.39. The molecule has 0 radical (unpaired) electrons.